The van der Waals surface area contributed by atoms with Crippen molar-refractivity contribution in [2.45, 2.75) is 63.8 Å². The van der Waals surface area contributed by atoms with Crippen LogP contribution in [0.4, 0.5) is 0 Å². The van der Waals surface area contributed by atoms with E-state index in [4.69, 9.17) is 0 Å². The van der Waals surface area contributed by atoms with Crippen molar-refractivity contribution in [1.29, 1.82) is 0 Å². The van der Waals surface area contributed by atoms with Crippen LogP contribution in [0.2, 0.25) is 0 Å². The average Bonchev–Trinajstić information content (AvgIpc) is 3.17. The van der Waals surface area contributed by atoms with E-state index in [0.717, 1.165) is 30.0 Å². The number of carboxylic acids is 1. The van der Waals surface area contributed by atoms with E-state index in [0.29, 0.717) is 23.8 Å². The lowest BCUT2D eigenvalue weighted by Crippen LogP contribution is -2.50. The molecule has 5 nitrogen and oxygen atoms in total. The first-order chi connectivity index (χ1) is 10.4. The van der Waals surface area contributed by atoms with Crippen LogP contribution in [0.15, 0.2) is 0 Å². The second kappa shape index (κ2) is 5.65. The summed E-state index contributed by atoms with van der Waals surface area (Å²) in [6, 6.07) is 0. The largest absolute Gasteiger partial charge is 0.480 e. The van der Waals surface area contributed by atoms with Gasteiger partial charge in [0, 0.05) is 12.5 Å². The Hall–Kier alpha value is -1.43. The molecule has 1 aliphatic heterocycles. The normalized spacial score (nSPS) is 25.8. The van der Waals surface area contributed by atoms with Gasteiger partial charge in [0.2, 0.25) is 0 Å². The molecule has 22 heavy (non-hydrogen) atoms. The van der Waals surface area contributed by atoms with Gasteiger partial charge in [-0.15, -0.1) is 11.3 Å². The van der Waals surface area contributed by atoms with Gasteiger partial charge in [0.15, 0.2) is 0 Å². The quantitative estimate of drug-likeness (QED) is 0.928. The molecule has 1 unspecified atom stereocenters. The highest BCUT2D eigenvalue weighted by atomic mass is 32.1. The Morgan fingerprint density at radius 2 is 2.00 bits per heavy atom. The van der Waals surface area contributed by atoms with E-state index >= 15 is 0 Å². The number of aryl methyl sites for hydroxylation is 1. The van der Waals surface area contributed by atoms with Crippen molar-refractivity contribution in [3.05, 3.63) is 15.6 Å². The number of rotatable bonds is 3. The Balaban J connectivity index is 1.87. The molecule has 2 fully saturated rings. The fraction of sp³-hybridized carbons (Fsp3) is 0.688. The maximum absolute atomic E-state index is 12.8. The average molecular weight is 322 g/mol. The zero-order valence-electron chi connectivity index (χ0n) is 13.1. The van der Waals surface area contributed by atoms with Crippen LogP contribution in [0.5, 0.6) is 0 Å². The monoisotopic (exact) mass is 322 g/mol. The maximum Gasteiger partial charge on any atom is 0.329 e. The van der Waals surface area contributed by atoms with Crippen LogP contribution in [0.1, 0.15) is 71.7 Å². The molecular formula is C16H22N2O3S. The molecule has 0 bridgehead atoms. The van der Waals surface area contributed by atoms with Crippen molar-refractivity contribution in [3.8, 4) is 0 Å². The minimum Gasteiger partial charge on any atom is -0.480 e. The van der Waals surface area contributed by atoms with Crippen molar-refractivity contribution in [1.82, 2.24) is 9.88 Å². The number of nitrogens with zero attached hydrogens (tertiary/aromatic N) is 2. The van der Waals surface area contributed by atoms with E-state index in [1.165, 1.54) is 29.1 Å². The number of amides is 1. The predicted molar refractivity (Wildman–Crippen MR) is 84.4 cm³/mol. The molecule has 1 saturated carbocycles. The van der Waals surface area contributed by atoms with Crippen LogP contribution in [0.3, 0.4) is 0 Å². The summed E-state index contributed by atoms with van der Waals surface area (Å²) in [5.74, 6) is -0.604. The fourth-order valence-corrected chi connectivity index (χ4v) is 4.78. The number of likely N-dealkylation sites (tertiary alicyclic amines) is 1. The van der Waals surface area contributed by atoms with Crippen LogP contribution in [0, 0.1) is 6.92 Å². The second-order valence-electron chi connectivity index (χ2n) is 6.59. The first kappa shape index (κ1) is 15.5. The van der Waals surface area contributed by atoms with Crippen molar-refractivity contribution >= 4 is 23.2 Å². The number of carbonyl (C=O) groups is 2. The van der Waals surface area contributed by atoms with Crippen LogP contribution in [-0.4, -0.2) is 39.0 Å². The Morgan fingerprint density at radius 3 is 2.64 bits per heavy atom. The van der Waals surface area contributed by atoms with Gasteiger partial charge >= 0.3 is 5.97 Å². The van der Waals surface area contributed by atoms with Gasteiger partial charge in [0.25, 0.3) is 5.91 Å². The minimum atomic E-state index is -1.08. The fourth-order valence-electron chi connectivity index (χ4n) is 3.60. The van der Waals surface area contributed by atoms with Gasteiger partial charge in [0.05, 0.1) is 10.7 Å². The third-order valence-electron chi connectivity index (χ3n) is 5.06. The number of carboxylic acid groups (broad SMARTS) is 1. The molecule has 6 heteroatoms. The smallest absolute Gasteiger partial charge is 0.329 e. The molecule has 1 aliphatic carbocycles. The van der Waals surface area contributed by atoms with Gasteiger partial charge in [-0.3, -0.25) is 4.79 Å². The number of aromatic nitrogens is 1. The first-order valence-electron chi connectivity index (χ1n) is 7.96. The van der Waals surface area contributed by atoms with Crippen LogP contribution in [0.25, 0.3) is 0 Å². The molecule has 1 aromatic heterocycles. The summed E-state index contributed by atoms with van der Waals surface area (Å²) in [4.78, 5) is 31.2. The third kappa shape index (κ3) is 2.43. The summed E-state index contributed by atoms with van der Waals surface area (Å²) in [7, 11) is 0. The highest BCUT2D eigenvalue weighted by molar-refractivity contribution is 7.13. The Labute approximate surface area is 134 Å². The lowest BCUT2D eigenvalue weighted by atomic mass is 9.99. The zero-order valence-corrected chi connectivity index (χ0v) is 13.9. The van der Waals surface area contributed by atoms with E-state index in [9.17, 15) is 14.7 Å². The van der Waals surface area contributed by atoms with Gasteiger partial charge in [-0.1, -0.05) is 12.8 Å². The number of thiazole rings is 1. The van der Waals surface area contributed by atoms with E-state index < -0.39 is 11.5 Å². The van der Waals surface area contributed by atoms with Crippen molar-refractivity contribution in [3.63, 3.8) is 0 Å². The van der Waals surface area contributed by atoms with E-state index in [1.807, 2.05) is 6.92 Å². The van der Waals surface area contributed by atoms with E-state index in [2.05, 4.69) is 4.98 Å². The number of carbonyl (C=O) groups excluding carboxylic acids is 1. The molecule has 0 spiro atoms. The highest BCUT2D eigenvalue weighted by Crippen LogP contribution is 2.38. The molecule has 120 valence electrons. The molecule has 1 amide bonds. The Morgan fingerprint density at radius 1 is 1.32 bits per heavy atom. The summed E-state index contributed by atoms with van der Waals surface area (Å²) in [6.07, 6.45) is 6.02. The molecule has 1 aromatic rings. The van der Waals surface area contributed by atoms with Gasteiger partial charge in [0.1, 0.15) is 10.4 Å². The van der Waals surface area contributed by atoms with Crippen molar-refractivity contribution in [2.24, 2.45) is 0 Å². The van der Waals surface area contributed by atoms with Crippen molar-refractivity contribution < 1.29 is 14.7 Å². The summed E-state index contributed by atoms with van der Waals surface area (Å²) in [5.41, 5.74) is -0.336. The molecule has 2 aliphatic rings. The number of hydrogen-bond donors (Lipinski definition) is 1. The zero-order chi connectivity index (χ0) is 15.9. The lowest BCUT2D eigenvalue weighted by Gasteiger charge is -2.30. The predicted octanol–water partition coefficient (Wildman–Crippen LogP) is 3.19. The third-order valence-corrected chi connectivity index (χ3v) is 6.37. The second-order valence-corrected chi connectivity index (χ2v) is 7.62. The van der Waals surface area contributed by atoms with Gasteiger partial charge in [-0.25, -0.2) is 9.78 Å². The number of hydrogen-bond acceptors (Lipinski definition) is 4. The Bertz CT molecular complexity index is 607. The molecular weight excluding hydrogens is 300 g/mol. The van der Waals surface area contributed by atoms with Gasteiger partial charge in [-0.05, 0) is 39.5 Å². The molecule has 3 rings (SSSR count). The molecule has 1 saturated heterocycles. The van der Waals surface area contributed by atoms with Crippen LogP contribution in [-0.2, 0) is 4.79 Å². The topological polar surface area (TPSA) is 70.5 Å². The van der Waals surface area contributed by atoms with Crippen LogP contribution >= 0.6 is 11.3 Å². The van der Waals surface area contributed by atoms with Crippen molar-refractivity contribution in [2.75, 3.05) is 6.54 Å². The summed E-state index contributed by atoms with van der Waals surface area (Å²) in [6.45, 7) is 4.02. The Kier molecular flexibility index (Phi) is 3.97. The summed E-state index contributed by atoms with van der Waals surface area (Å²) in [5, 5.41) is 10.5. The molecule has 1 N–H and O–H groups in total. The summed E-state index contributed by atoms with van der Waals surface area (Å²) >= 11 is 1.47. The van der Waals surface area contributed by atoms with E-state index in [-0.39, 0.29) is 5.91 Å². The molecule has 0 aromatic carbocycles. The first-order valence-corrected chi connectivity index (χ1v) is 8.78. The highest BCUT2D eigenvalue weighted by Gasteiger charge is 2.46. The SMILES string of the molecule is Cc1nc(C2CCCC2)sc1C(=O)N1CCCC1(C)C(=O)O. The lowest BCUT2D eigenvalue weighted by molar-refractivity contribution is -0.147. The van der Waals surface area contributed by atoms with Gasteiger partial charge < -0.3 is 10.0 Å². The molecule has 2 heterocycles. The van der Waals surface area contributed by atoms with E-state index in [1.54, 1.807) is 6.92 Å². The standard InChI is InChI=1S/C16H22N2O3S/c1-10-12(22-13(17-10)11-6-3-4-7-11)14(19)18-9-5-8-16(18,2)15(20)21/h11H,3-9H2,1-2H3,(H,20,21). The van der Waals surface area contributed by atoms with Crippen LogP contribution < -0.4 is 0 Å². The maximum atomic E-state index is 12.8. The minimum absolute atomic E-state index is 0.165. The molecule has 0 radical (unpaired) electrons. The molecule has 1 atom stereocenters. The van der Waals surface area contributed by atoms with Gasteiger partial charge in [-0.2, -0.15) is 0 Å². The number of aliphatic carboxylic acids is 1. The summed E-state index contributed by atoms with van der Waals surface area (Å²) < 4.78 is 0.